The van der Waals surface area contributed by atoms with Crippen molar-refractivity contribution in [3.8, 4) is 22.8 Å². The highest BCUT2D eigenvalue weighted by Gasteiger charge is 2.55. The molecule has 2 fully saturated rings. The Bertz CT molecular complexity index is 1190. The van der Waals surface area contributed by atoms with E-state index in [1.165, 1.54) is 5.56 Å². The molecule has 35 heavy (non-hydrogen) atoms. The monoisotopic (exact) mass is 473 g/mol. The largest absolute Gasteiger partial charge is 0.493 e. The lowest BCUT2D eigenvalue weighted by atomic mass is 9.99. The molecule has 1 amide bonds. The van der Waals surface area contributed by atoms with Crippen LogP contribution >= 0.6 is 0 Å². The van der Waals surface area contributed by atoms with E-state index in [1.54, 1.807) is 14.2 Å². The molecule has 1 aliphatic heterocycles. The molecule has 3 aromatic rings. The number of hydrogen-bond donors (Lipinski definition) is 0. The van der Waals surface area contributed by atoms with Gasteiger partial charge < -0.3 is 18.9 Å². The minimum atomic E-state index is -0.548. The molecule has 0 radical (unpaired) electrons. The van der Waals surface area contributed by atoms with E-state index in [0.29, 0.717) is 17.3 Å². The number of amides is 1. The number of nitrogens with zero attached hydrogens (tertiary/aromatic N) is 3. The molecule has 7 heteroatoms. The van der Waals surface area contributed by atoms with Gasteiger partial charge in [0.2, 0.25) is 5.91 Å². The van der Waals surface area contributed by atoms with Crippen LogP contribution in [0, 0.1) is 0 Å². The summed E-state index contributed by atoms with van der Waals surface area (Å²) in [4.78, 5) is 17.9. The summed E-state index contributed by atoms with van der Waals surface area (Å²) in [6.07, 6.45) is 5.96. The third kappa shape index (κ3) is 4.82. The van der Waals surface area contributed by atoms with Crippen molar-refractivity contribution < 1.29 is 18.8 Å². The lowest BCUT2D eigenvalue weighted by molar-refractivity contribution is -0.135. The van der Waals surface area contributed by atoms with Gasteiger partial charge in [-0.05, 0) is 36.6 Å². The van der Waals surface area contributed by atoms with Gasteiger partial charge in [0.1, 0.15) is 0 Å². The van der Waals surface area contributed by atoms with E-state index < -0.39 is 5.41 Å². The number of piperazine rings is 1. The molecular weight excluding hydrogens is 442 g/mol. The highest BCUT2D eigenvalue weighted by Crippen LogP contribution is 2.50. The Labute approximate surface area is 205 Å². The number of hydrogen-bond acceptors (Lipinski definition) is 6. The zero-order chi connectivity index (χ0) is 24.3. The van der Waals surface area contributed by atoms with Gasteiger partial charge in [-0.2, -0.15) is 0 Å². The van der Waals surface area contributed by atoms with Crippen molar-refractivity contribution in [3.05, 3.63) is 71.9 Å². The van der Waals surface area contributed by atoms with Gasteiger partial charge in [-0.15, -0.1) is 0 Å². The van der Waals surface area contributed by atoms with E-state index >= 15 is 0 Å². The first-order valence-electron chi connectivity index (χ1n) is 12.1. The average molecular weight is 474 g/mol. The first kappa shape index (κ1) is 23.2. The van der Waals surface area contributed by atoms with Crippen LogP contribution in [0.4, 0.5) is 0 Å². The molecule has 1 aliphatic carbocycles. The molecule has 7 nitrogen and oxygen atoms in total. The number of ether oxygens (including phenoxy) is 2. The molecule has 5 rings (SSSR count). The van der Waals surface area contributed by atoms with Crippen molar-refractivity contribution in [1.29, 1.82) is 0 Å². The molecule has 0 atom stereocenters. The molecule has 2 aromatic carbocycles. The molecule has 2 heterocycles. The Hall–Kier alpha value is -3.58. The molecule has 0 spiro atoms. The number of methoxy groups -OCH3 is 2. The summed E-state index contributed by atoms with van der Waals surface area (Å²) >= 11 is 0. The topological polar surface area (TPSA) is 68.0 Å². The third-order valence-corrected chi connectivity index (χ3v) is 6.96. The minimum Gasteiger partial charge on any atom is -0.493 e. The van der Waals surface area contributed by atoms with Crippen LogP contribution in [0.1, 0.15) is 24.1 Å². The Balaban J connectivity index is 1.20. The van der Waals surface area contributed by atoms with Crippen molar-refractivity contribution in [1.82, 2.24) is 15.0 Å². The van der Waals surface area contributed by atoms with Gasteiger partial charge in [0.15, 0.2) is 17.3 Å². The first-order valence-corrected chi connectivity index (χ1v) is 12.1. The number of carbonyl (C=O) groups is 1. The second-order valence-electron chi connectivity index (χ2n) is 9.13. The minimum absolute atomic E-state index is 0.170. The van der Waals surface area contributed by atoms with Gasteiger partial charge in [-0.3, -0.25) is 9.69 Å². The molecular formula is C28H31N3O4. The molecule has 1 aromatic heterocycles. The van der Waals surface area contributed by atoms with Crippen LogP contribution in [-0.4, -0.2) is 67.8 Å². The van der Waals surface area contributed by atoms with Crippen LogP contribution < -0.4 is 9.47 Å². The molecule has 0 bridgehead atoms. The van der Waals surface area contributed by atoms with E-state index in [2.05, 4.69) is 34.3 Å². The van der Waals surface area contributed by atoms with E-state index in [4.69, 9.17) is 14.0 Å². The molecule has 0 unspecified atom stereocenters. The van der Waals surface area contributed by atoms with Crippen molar-refractivity contribution in [2.75, 3.05) is 46.9 Å². The molecule has 182 valence electrons. The summed E-state index contributed by atoms with van der Waals surface area (Å²) in [7, 11) is 3.21. The summed E-state index contributed by atoms with van der Waals surface area (Å²) in [5.74, 6) is 2.07. The van der Waals surface area contributed by atoms with Gasteiger partial charge in [-0.1, -0.05) is 47.6 Å². The van der Waals surface area contributed by atoms with Crippen LogP contribution in [0.5, 0.6) is 11.5 Å². The van der Waals surface area contributed by atoms with Gasteiger partial charge in [0.25, 0.3) is 0 Å². The fraction of sp³-hybridized carbons (Fsp3) is 0.357. The lowest BCUT2D eigenvalue weighted by Crippen LogP contribution is -2.51. The molecule has 1 saturated carbocycles. The maximum atomic E-state index is 13.5. The predicted molar refractivity (Wildman–Crippen MR) is 134 cm³/mol. The van der Waals surface area contributed by atoms with Crippen molar-refractivity contribution in [3.63, 3.8) is 0 Å². The van der Waals surface area contributed by atoms with Crippen molar-refractivity contribution >= 4 is 12.0 Å². The smallest absolute Gasteiger partial charge is 0.235 e. The van der Waals surface area contributed by atoms with Crippen LogP contribution in [0.15, 0.2) is 65.2 Å². The summed E-state index contributed by atoms with van der Waals surface area (Å²) < 4.78 is 16.4. The molecule has 0 N–H and O–H groups in total. The number of benzene rings is 2. The highest BCUT2D eigenvalue weighted by molar-refractivity contribution is 5.91. The van der Waals surface area contributed by atoms with Crippen LogP contribution in [0.3, 0.4) is 0 Å². The summed E-state index contributed by atoms with van der Waals surface area (Å²) in [5.41, 5.74) is 2.22. The van der Waals surface area contributed by atoms with Crippen LogP contribution in [0.2, 0.25) is 0 Å². The third-order valence-electron chi connectivity index (χ3n) is 6.96. The molecule has 1 saturated heterocycles. The molecule has 2 aliphatic rings. The SMILES string of the molecule is COc1ccc(-c2cc(C3(C(=O)N4CCN(CC=Cc5ccccc5)CC4)CC3)no2)cc1OC. The van der Waals surface area contributed by atoms with E-state index in [1.807, 2.05) is 47.4 Å². The summed E-state index contributed by atoms with van der Waals surface area (Å²) in [6, 6.07) is 17.8. The van der Waals surface area contributed by atoms with Crippen LogP contribution in [-0.2, 0) is 10.2 Å². The fourth-order valence-electron chi connectivity index (χ4n) is 4.67. The summed E-state index contributed by atoms with van der Waals surface area (Å²) in [6.45, 7) is 4.10. The number of carbonyl (C=O) groups excluding carboxylic acids is 1. The highest BCUT2D eigenvalue weighted by atomic mass is 16.5. The van der Waals surface area contributed by atoms with Gasteiger partial charge >= 0.3 is 0 Å². The predicted octanol–water partition coefficient (Wildman–Crippen LogP) is 4.25. The zero-order valence-electron chi connectivity index (χ0n) is 20.3. The van der Waals surface area contributed by atoms with Gasteiger partial charge in [-0.25, -0.2) is 0 Å². The van der Waals surface area contributed by atoms with Gasteiger partial charge in [0, 0.05) is 44.4 Å². The average Bonchev–Trinajstić information content (AvgIpc) is 3.57. The number of aromatic nitrogens is 1. The quantitative estimate of drug-likeness (QED) is 0.487. The zero-order valence-corrected chi connectivity index (χ0v) is 20.3. The van der Waals surface area contributed by atoms with E-state index in [9.17, 15) is 4.79 Å². The van der Waals surface area contributed by atoms with E-state index in [-0.39, 0.29) is 5.91 Å². The first-order chi connectivity index (χ1) is 17.1. The lowest BCUT2D eigenvalue weighted by Gasteiger charge is -2.35. The maximum absolute atomic E-state index is 13.5. The second kappa shape index (κ2) is 9.96. The number of rotatable bonds is 8. The standard InChI is InChI=1S/C28H31N3O4/c1-33-23-11-10-22(19-25(23)34-2)24-20-26(29-35-24)28(12-13-28)27(32)31-17-15-30(16-18-31)14-6-9-21-7-4-3-5-8-21/h3-11,19-20H,12-18H2,1-2H3. The van der Waals surface area contributed by atoms with Gasteiger partial charge in [0.05, 0.1) is 25.3 Å². The Morgan fingerprint density at radius 3 is 2.43 bits per heavy atom. The maximum Gasteiger partial charge on any atom is 0.235 e. The second-order valence-corrected chi connectivity index (χ2v) is 9.13. The Kier molecular flexibility index (Phi) is 6.59. The Morgan fingerprint density at radius 1 is 1.00 bits per heavy atom. The Morgan fingerprint density at radius 2 is 1.74 bits per heavy atom. The van der Waals surface area contributed by atoms with E-state index in [0.717, 1.165) is 56.8 Å². The summed E-state index contributed by atoms with van der Waals surface area (Å²) in [5, 5.41) is 4.31. The van der Waals surface area contributed by atoms with Crippen LogP contribution in [0.25, 0.3) is 17.4 Å². The van der Waals surface area contributed by atoms with Crippen molar-refractivity contribution in [2.45, 2.75) is 18.3 Å². The fourth-order valence-corrected chi connectivity index (χ4v) is 4.67. The normalized spacial score (nSPS) is 17.5. The van der Waals surface area contributed by atoms with Crippen molar-refractivity contribution in [2.24, 2.45) is 0 Å².